The molecule has 0 amide bonds. The third-order valence-electron chi connectivity index (χ3n) is 4.41. The van der Waals surface area contributed by atoms with E-state index in [9.17, 15) is 0 Å². The van der Waals surface area contributed by atoms with Gasteiger partial charge in [-0.3, -0.25) is 0 Å². The molecule has 0 spiro atoms. The largest absolute Gasteiger partial charge is 0.497 e. The zero-order valence-corrected chi connectivity index (χ0v) is 13.2. The molecule has 5 nitrogen and oxygen atoms in total. The molecule has 1 N–H and O–H groups in total. The molecular formula is C18H20N4O. The first-order valence-corrected chi connectivity index (χ1v) is 8.02. The van der Waals surface area contributed by atoms with Gasteiger partial charge in [-0.15, -0.1) is 0 Å². The zero-order valence-electron chi connectivity index (χ0n) is 13.2. The van der Waals surface area contributed by atoms with Crippen LogP contribution in [0, 0.1) is 0 Å². The average molecular weight is 308 g/mol. The smallest absolute Gasteiger partial charge is 0.160 e. The van der Waals surface area contributed by atoms with Gasteiger partial charge in [0.1, 0.15) is 17.1 Å². The first kappa shape index (κ1) is 14.2. The van der Waals surface area contributed by atoms with Crippen LogP contribution in [0.3, 0.4) is 0 Å². The Morgan fingerprint density at radius 2 is 2.13 bits per heavy atom. The third-order valence-corrected chi connectivity index (χ3v) is 4.41. The van der Waals surface area contributed by atoms with E-state index in [1.807, 2.05) is 30.5 Å². The van der Waals surface area contributed by atoms with Crippen LogP contribution < -0.4 is 10.1 Å². The predicted molar refractivity (Wildman–Crippen MR) is 89.6 cm³/mol. The topological polar surface area (TPSA) is 52.0 Å². The molecule has 2 aromatic heterocycles. The van der Waals surface area contributed by atoms with Crippen molar-refractivity contribution < 1.29 is 4.74 Å². The minimum absolute atomic E-state index is 0.322. The highest BCUT2D eigenvalue weighted by Crippen LogP contribution is 2.26. The molecule has 0 radical (unpaired) electrons. The summed E-state index contributed by atoms with van der Waals surface area (Å²) < 4.78 is 7.47. The number of hydrogen-bond donors (Lipinski definition) is 1. The number of nitrogens with one attached hydrogen (secondary N) is 1. The Bertz CT molecular complexity index is 804. The van der Waals surface area contributed by atoms with E-state index in [1.54, 1.807) is 7.11 Å². The van der Waals surface area contributed by atoms with Crippen molar-refractivity contribution in [2.75, 3.05) is 13.7 Å². The van der Waals surface area contributed by atoms with Gasteiger partial charge in [-0.25, -0.2) is 9.97 Å². The van der Waals surface area contributed by atoms with Gasteiger partial charge >= 0.3 is 0 Å². The molecule has 118 valence electrons. The van der Waals surface area contributed by atoms with Gasteiger partial charge in [0.15, 0.2) is 5.65 Å². The molecule has 1 unspecified atom stereocenters. The van der Waals surface area contributed by atoms with Crippen LogP contribution >= 0.6 is 0 Å². The SMILES string of the molecule is COc1ccc(Cn2c(C3CCCN3)nc3cccnc32)cc1. The Balaban J connectivity index is 1.75. The van der Waals surface area contributed by atoms with Crippen molar-refractivity contribution in [1.82, 2.24) is 19.9 Å². The molecule has 5 heteroatoms. The van der Waals surface area contributed by atoms with Crippen molar-refractivity contribution in [3.05, 3.63) is 54.0 Å². The van der Waals surface area contributed by atoms with E-state index in [2.05, 4.69) is 27.0 Å². The van der Waals surface area contributed by atoms with Crippen molar-refractivity contribution in [3.63, 3.8) is 0 Å². The summed E-state index contributed by atoms with van der Waals surface area (Å²) in [5.74, 6) is 1.96. The van der Waals surface area contributed by atoms with E-state index in [0.717, 1.165) is 42.2 Å². The molecule has 3 aromatic rings. The predicted octanol–water partition coefficient (Wildman–Crippen LogP) is 2.91. The van der Waals surface area contributed by atoms with Crippen LogP contribution in [-0.4, -0.2) is 28.2 Å². The van der Waals surface area contributed by atoms with Gasteiger partial charge in [0.25, 0.3) is 0 Å². The lowest BCUT2D eigenvalue weighted by molar-refractivity contribution is 0.414. The fraction of sp³-hybridized carbons (Fsp3) is 0.333. The molecule has 0 aliphatic carbocycles. The van der Waals surface area contributed by atoms with E-state index in [-0.39, 0.29) is 0 Å². The van der Waals surface area contributed by atoms with Crippen LogP contribution in [0.25, 0.3) is 11.2 Å². The lowest BCUT2D eigenvalue weighted by atomic mass is 10.2. The average Bonchev–Trinajstić information content (AvgIpc) is 3.24. The van der Waals surface area contributed by atoms with Crippen LogP contribution in [-0.2, 0) is 6.54 Å². The van der Waals surface area contributed by atoms with Gasteiger partial charge in [0.2, 0.25) is 0 Å². The van der Waals surface area contributed by atoms with E-state index >= 15 is 0 Å². The minimum Gasteiger partial charge on any atom is -0.497 e. The highest BCUT2D eigenvalue weighted by Gasteiger charge is 2.23. The molecule has 1 aliphatic rings. The van der Waals surface area contributed by atoms with E-state index < -0.39 is 0 Å². The number of fused-ring (bicyclic) bond motifs is 1. The molecular weight excluding hydrogens is 288 g/mol. The van der Waals surface area contributed by atoms with E-state index in [1.165, 1.54) is 12.0 Å². The fourth-order valence-electron chi connectivity index (χ4n) is 3.22. The lowest BCUT2D eigenvalue weighted by Gasteiger charge is -2.14. The maximum absolute atomic E-state index is 5.24. The summed E-state index contributed by atoms with van der Waals surface area (Å²) in [6.07, 6.45) is 4.16. The highest BCUT2D eigenvalue weighted by atomic mass is 16.5. The van der Waals surface area contributed by atoms with Crippen molar-refractivity contribution in [3.8, 4) is 5.75 Å². The molecule has 3 heterocycles. The van der Waals surface area contributed by atoms with E-state index in [0.29, 0.717) is 6.04 Å². The van der Waals surface area contributed by atoms with Gasteiger partial charge < -0.3 is 14.6 Å². The second-order valence-electron chi connectivity index (χ2n) is 5.90. The van der Waals surface area contributed by atoms with Crippen LogP contribution in [0.15, 0.2) is 42.6 Å². The fourth-order valence-corrected chi connectivity index (χ4v) is 3.22. The summed E-state index contributed by atoms with van der Waals surface area (Å²) >= 11 is 0. The van der Waals surface area contributed by atoms with Gasteiger partial charge in [0.05, 0.1) is 19.7 Å². The maximum Gasteiger partial charge on any atom is 0.160 e. The van der Waals surface area contributed by atoms with Gasteiger partial charge in [-0.2, -0.15) is 0 Å². The molecule has 1 aromatic carbocycles. The summed E-state index contributed by atoms with van der Waals surface area (Å²) in [6.45, 7) is 1.83. The molecule has 1 saturated heterocycles. The Hall–Kier alpha value is -2.40. The lowest BCUT2D eigenvalue weighted by Crippen LogP contribution is -2.18. The van der Waals surface area contributed by atoms with Crippen LogP contribution in [0.1, 0.15) is 30.3 Å². The monoisotopic (exact) mass is 308 g/mol. The van der Waals surface area contributed by atoms with Crippen LogP contribution in [0.2, 0.25) is 0 Å². The quantitative estimate of drug-likeness (QED) is 0.805. The third kappa shape index (κ3) is 2.68. The van der Waals surface area contributed by atoms with E-state index in [4.69, 9.17) is 9.72 Å². The summed E-state index contributed by atoms with van der Waals surface area (Å²) in [5, 5.41) is 3.55. The summed E-state index contributed by atoms with van der Waals surface area (Å²) in [4.78, 5) is 9.39. The number of pyridine rings is 1. The number of methoxy groups -OCH3 is 1. The molecule has 1 aliphatic heterocycles. The molecule has 1 fully saturated rings. The number of rotatable bonds is 4. The van der Waals surface area contributed by atoms with Crippen molar-refractivity contribution >= 4 is 11.2 Å². The van der Waals surface area contributed by atoms with Gasteiger partial charge in [-0.05, 0) is 49.2 Å². The summed E-state index contributed by atoms with van der Waals surface area (Å²) in [6, 6.07) is 12.5. The van der Waals surface area contributed by atoms with Crippen molar-refractivity contribution in [2.45, 2.75) is 25.4 Å². The first-order valence-electron chi connectivity index (χ1n) is 8.02. The second kappa shape index (κ2) is 6.01. The molecule has 0 saturated carbocycles. The Labute approximate surface area is 135 Å². The van der Waals surface area contributed by atoms with Crippen molar-refractivity contribution in [1.29, 1.82) is 0 Å². The Morgan fingerprint density at radius 1 is 1.26 bits per heavy atom. The van der Waals surface area contributed by atoms with Crippen LogP contribution in [0.4, 0.5) is 0 Å². The standard InChI is InChI=1S/C18H20N4O/c1-23-14-8-6-13(7-9-14)12-22-17-16(5-3-11-20-17)21-18(22)15-4-2-10-19-15/h3,5-9,11,15,19H,2,4,10,12H2,1H3. The molecule has 1 atom stereocenters. The number of hydrogen-bond acceptors (Lipinski definition) is 4. The Kier molecular flexibility index (Phi) is 3.71. The van der Waals surface area contributed by atoms with Crippen molar-refractivity contribution in [2.24, 2.45) is 0 Å². The second-order valence-corrected chi connectivity index (χ2v) is 5.90. The molecule has 4 rings (SSSR count). The number of benzene rings is 1. The number of ether oxygens (including phenoxy) is 1. The number of imidazole rings is 1. The van der Waals surface area contributed by atoms with Crippen LogP contribution in [0.5, 0.6) is 5.75 Å². The first-order chi connectivity index (χ1) is 11.3. The Morgan fingerprint density at radius 3 is 2.87 bits per heavy atom. The number of aromatic nitrogens is 3. The highest BCUT2D eigenvalue weighted by molar-refractivity contribution is 5.71. The minimum atomic E-state index is 0.322. The zero-order chi connectivity index (χ0) is 15.6. The molecule has 23 heavy (non-hydrogen) atoms. The number of nitrogens with zero attached hydrogens (tertiary/aromatic N) is 3. The van der Waals surface area contributed by atoms with Gasteiger partial charge in [-0.1, -0.05) is 12.1 Å². The maximum atomic E-state index is 5.24. The summed E-state index contributed by atoms with van der Waals surface area (Å²) in [5.41, 5.74) is 3.13. The van der Waals surface area contributed by atoms with Gasteiger partial charge in [0, 0.05) is 6.20 Å². The summed E-state index contributed by atoms with van der Waals surface area (Å²) in [7, 11) is 1.69. The molecule has 0 bridgehead atoms. The normalized spacial score (nSPS) is 17.7.